The zero-order chi connectivity index (χ0) is 13.5. The normalized spacial score (nSPS) is 10.1. The first-order valence-corrected chi connectivity index (χ1v) is 5.48. The van der Waals surface area contributed by atoms with Crippen LogP contribution in [0.25, 0.3) is 0 Å². The maximum absolute atomic E-state index is 13.3. The molecule has 0 unspecified atom stereocenters. The van der Waals surface area contributed by atoms with Crippen LogP contribution in [0, 0.1) is 5.82 Å². The second-order valence-electron chi connectivity index (χ2n) is 3.73. The molecule has 0 aliphatic heterocycles. The van der Waals surface area contributed by atoms with Crippen molar-refractivity contribution < 1.29 is 24.2 Å². The highest BCUT2D eigenvalue weighted by molar-refractivity contribution is 5.94. The summed E-state index contributed by atoms with van der Waals surface area (Å²) in [5, 5.41) is 19.6. The van der Waals surface area contributed by atoms with Crippen molar-refractivity contribution in [3.05, 3.63) is 29.6 Å². The van der Waals surface area contributed by atoms with Gasteiger partial charge in [-0.25, -0.2) is 9.18 Å². The van der Waals surface area contributed by atoms with Gasteiger partial charge in [0.1, 0.15) is 5.82 Å². The number of nitrogens with one attached hydrogen (secondary N) is 1. The van der Waals surface area contributed by atoms with E-state index in [0.29, 0.717) is 12.8 Å². The van der Waals surface area contributed by atoms with Gasteiger partial charge in [0, 0.05) is 13.0 Å². The number of carbonyl (C=O) groups excluding carboxylic acids is 1. The van der Waals surface area contributed by atoms with E-state index in [1.54, 1.807) is 0 Å². The van der Waals surface area contributed by atoms with Crippen LogP contribution in [-0.4, -0.2) is 28.7 Å². The lowest BCUT2D eigenvalue weighted by atomic mass is 10.2. The Balaban J connectivity index is 2.68. The SMILES string of the molecule is O=C(CCCCO)Nc1cc(C(=O)O)ccc1F. The third-order valence-electron chi connectivity index (χ3n) is 2.30. The van der Waals surface area contributed by atoms with Crippen LogP contribution in [0.2, 0.25) is 0 Å². The topological polar surface area (TPSA) is 86.6 Å². The van der Waals surface area contributed by atoms with Gasteiger partial charge in [0.2, 0.25) is 5.91 Å². The van der Waals surface area contributed by atoms with Gasteiger partial charge in [0.25, 0.3) is 0 Å². The van der Waals surface area contributed by atoms with Crippen LogP contribution in [0.15, 0.2) is 18.2 Å². The maximum atomic E-state index is 13.3. The molecule has 1 amide bonds. The van der Waals surface area contributed by atoms with Crippen LogP contribution >= 0.6 is 0 Å². The summed E-state index contributed by atoms with van der Waals surface area (Å²) in [5.74, 6) is -2.29. The number of halogens is 1. The Morgan fingerprint density at radius 1 is 1.28 bits per heavy atom. The maximum Gasteiger partial charge on any atom is 0.335 e. The van der Waals surface area contributed by atoms with E-state index in [-0.39, 0.29) is 24.3 Å². The van der Waals surface area contributed by atoms with E-state index in [0.717, 1.165) is 18.2 Å². The largest absolute Gasteiger partial charge is 0.478 e. The molecule has 3 N–H and O–H groups in total. The second-order valence-corrected chi connectivity index (χ2v) is 3.73. The summed E-state index contributed by atoms with van der Waals surface area (Å²) < 4.78 is 13.3. The number of rotatable bonds is 6. The lowest BCUT2D eigenvalue weighted by Gasteiger charge is -2.07. The van der Waals surface area contributed by atoms with Gasteiger partial charge < -0.3 is 15.5 Å². The average Bonchev–Trinajstić information content (AvgIpc) is 2.32. The number of unbranched alkanes of at least 4 members (excludes halogenated alkanes) is 1. The number of aliphatic hydroxyl groups is 1. The second kappa shape index (κ2) is 6.70. The molecule has 5 nitrogen and oxygen atoms in total. The molecule has 0 aliphatic carbocycles. The van der Waals surface area contributed by atoms with Crippen LogP contribution in [-0.2, 0) is 4.79 Å². The Labute approximate surface area is 103 Å². The average molecular weight is 255 g/mol. The molecule has 98 valence electrons. The zero-order valence-electron chi connectivity index (χ0n) is 9.65. The highest BCUT2D eigenvalue weighted by Gasteiger charge is 2.10. The molecule has 1 rings (SSSR count). The Hall–Kier alpha value is -1.95. The molecule has 0 atom stereocenters. The quantitative estimate of drug-likeness (QED) is 0.674. The van der Waals surface area contributed by atoms with Crippen molar-refractivity contribution in [1.82, 2.24) is 0 Å². The molecule has 0 aliphatic rings. The number of benzene rings is 1. The van der Waals surface area contributed by atoms with Crippen molar-refractivity contribution in [3.8, 4) is 0 Å². The van der Waals surface area contributed by atoms with E-state index >= 15 is 0 Å². The molecule has 0 radical (unpaired) electrons. The van der Waals surface area contributed by atoms with Gasteiger partial charge in [-0.1, -0.05) is 0 Å². The first kappa shape index (κ1) is 14.1. The summed E-state index contributed by atoms with van der Waals surface area (Å²) in [4.78, 5) is 22.1. The van der Waals surface area contributed by atoms with E-state index in [4.69, 9.17) is 10.2 Å². The fourth-order valence-electron chi connectivity index (χ4n) is 1.36. The van der Waals surface area contributed by atoms with Crippen molar-refractivity contribution in [3.63, 3.8) is 0 Å². The minimum absolute atomic E-state index is 0.00383. The summed E-state index contributed by atoms with van der Waals surface area (Å²) in [5.41, 5.74) is -0.244. The predicted molar refractivity (Wildman–Crippen MR) is 62.9 cm³/mol. The number of aromatic carboxylic acids is 1. The molecule has 0 heterocycles. The van der Waals surface area contributed by atoms with Crippen LogP contribution in [0.4, 0.5) is 10.1 Å². The number of amides is 1. The lowest BCUT2D eigenvalue weighted by Crippen LogP contribution is -2.13. The summed E-state index contributed by atoms with van der Waals surface area (Å²) in [6, 6.07) is 3.19. The summed E-state index contributed by atoms with van der Waals surface area (Å²) in [6.45, 7) is -0.00383. The molecule has 0 bridgehead atoms. The highest BCUT2D eigenvalue weighted by atomic mass is 19.1. The summed E-state index contributed by atoms with van der Waals surface area (Å²) >= 11 is 0. The van der Waals surface area contributed by atoms with Crippen LogP contribution in [0.5, 0.6) is 0 Å². The molecule has 0 spiro atoms. The van der Waals surface area contributed by atoms with Gasteiger partial charge in [0.15, 0.2) is 0 Å². The third kappa shape index (κ3) is 4.14. The van der Waals surface area contributed by atoms with Gasteiger partial charge in [0.05, 0.1) is 11.3 Å². The Morgan fingerprint density at radius 3 is 2.61 bits per heavy atom. The smallest absolute Gasteiger partial charge is 0.335 e. The van der Waals surface area contributed by atoms with E-state index in [9.17, 15) is 14.0 Å². The number of anilines is 1. The molecule has 1 aromatic rings. The van der Waals surface area contributed by atoms with Gasteiger partial charge in [-0.05, 0) is 31.0 Å². The van der Waals surface area contributed by atoms with Crippen LogP contribution < -0.4 is 5.32 Å². The number of aliphatic hydroxyl groups excluding tert-OH is 1. The molecular formula is C12H14FNO4. The minimum Gasteiger partial charge on any atom is -0.478 e. The van der Waals surface area contributed by atoms with Crippen molar-refractivity contribution in [1.29, 1.82) is 0 Å². The van der Waals surface area contributed by atoms with Crippen molar-refractivity contribution in [2.75, 3.05) is 11.9 Å². The first-order chi connectivity index (χ1) is 8.54. The van der Waals surface area contributed by atoms with Crippen molar-refractivity contribution >= 4 is 17.6 Å². The molecule has 18 heavy (non-hydrogen) atoms. The van der Waals surface area contributed by atoms with Gasteiger partial charge in [-0.2, -0.15) is 0 Å². The number of hydrogen-bond acceptors (Lipinski definition) is 3. The van der Waals surface area contributed by atoms with Gasteiger partial charge in [-0.3, -0.25) is 4.79 Å². The molecular weight excluding hydrogens is 241 g/mol. The standard InChI is InChI=1S/C12H14FNO4/c13-9-5-4-8(12(17)18)7-10(9)14-11(16)3-1-2-6-15/h4-5,7,15H,1-3,6H2,(H,14,16)(H,17,18). The number of carbonyl (C=O) groups is 2. The Bertz CT molecular complexity index is 448. The van der Waals surface area contributed by atoms with E-state index in [1.807, 2.05) is 0 Å². The van der Waals surface area contributed by atoms with Gasteiger partial charge in [-0.15, -0.1) is 0 Å². The van der Waals surface area contributed by atoms with E-state index in [1.165, 1.54) is 0 Å². The number of carboxylic acids is 1. The van der Waals surface area contributed by atoms with Crippen molar-refractivity contribution in [2.45, 2.75) is 19.3 Å². The van der Waals surface area contributed by atoms with Crippen LogP contribution in [0.3, 0.4) is 0 Å². The highest BCUT2D eigenvalue weighted by Crippen LogP contribution is 2.16. The van der Waals surface area contributed by atoms with Crippen LogP contribution in [0.1, 0.15) is 29.6 Å². The fraction of sp³-hybridized carbons (Fsp3) is 0.333. The van der Waals surface area contributed by atoms with E-state index < -0.39 is 17.7 Å². The number of carboxylic acid groups (broad SMARTS) is 1. The fourth-order valence-corrected chi connectivity index (χ4v) is 1.36. The first-order valence-electron chi connectivity index (χ1n) is 5.48. The van der Waals surface area contributed by atoms with Gasteiger partial charge >= 0.3 is 5.97 Å². The monoisotopic (exact) mass is 255 g/mol. The zero-order valence-corrected chi connectivity index (χ0v) is 9.65. The Morgan fingerprint density at radius 2 is 2.00 bits per heavy atom. The summed E-state index contributed by atoms with van der Waals surface area (Å²) in [7, 11) is 0. The molecule has 0 saturated heterocycles. The minimum atomic E-state index is -1.19. The third-order valence-corrected chi connectivity index (χ3v) is 2.30. The lowest BCUT2D eigenvalue weighted by molar-refractivity contribution is -0.116. The molecule has 6 heteroatoms. The Kier molecular flexibility index (Phi) is 5.26. The molecule has 0 saturated carbocycles. The molecule has 0 aromatic heterocycles. The van der Waals surface area contributed by atoms with E-state index in [2.05, 4.69) is 5.32 Å². The predicted octanol–water partition coefficient (Wildman–Crippen LogP) is 1.62. The molecule has 1 aromatic carbocycles. The van der Waals surface area contributed by atoms with Crippen molar-refractivity contribution in [2.24, 2.45) is 0 Å². The molecule has 0 fully saturated rings. The number of hydrogen-bond donors (Lipinski definition) is 3. The summed E-state index contributed by atoms with van der Waals surface area (Å²) in [6.07, 6.45) is 1.13.